The van der Waals surface area contributed by atoms with E-state index in [-0.39, 0.29) is 49.0 Å². The predicted octanol–water partition coefficient (Wildman–Crippen LogP) is 5.35. The topological polar surface area (TPSA) is 210 Å². The normalized spacial score (nSPS) is 14.8. The molecule has 63 heavy (non-hydrogen) atoms. The molecular weight excluding hydrogens is 805 g/mol. The molecule has 0 aliphatic rings. The Bertz CT molecular complexity index is 1780. The number of hydrogen-bond acceptors (Lipinski definition) is 9. The lowest BCUT2D eigenvalue weighted by molar-refractivity contribution is -0.147. The molecule has 15 heteroatoms. The van der Waals surface area contributed by atoms with Crippen LogP contribution in [0.25, 0.3) is 0 Å². The number of methoxy groups -OCH3 is 1. The molecule has 6 amide bonds. The first-order valence-electron chi connectivity index (χ1n) is 22.1. The highest BCUT2D eigenvalue weighted by Gasteiger charge is 2.39. The maximum atomic E-state index is 14.6. The fraction of sp³-hybridized carbons (Fsp3) is 0.604. The molecular formula is C48H74N6O9. The summed E-state index contributed by atoms with van der Waals surface area (Å²) in [5, 5.41) is 17.2. The molecule has 350 valence electrons. The van der Waals surface area contributed by atoms with Crippen molar-refractivity contribution in [2.75, 3.05) is 7.11 Å². The van der Waals surface area contributed by atoms with Crippen molar-refractivity contribution in [1.29, 1.82) is 0 Å². The number of amides is 6. The Hall–Kier alpha value is -5.47. The first kappa shape index (κ1) is 53.7. The van der Waals surface area contributed by atoms with Crippen molar-refractivity contribution in [2.45, 2.75) is 151 Å². The van der Waals surface area contributed by atoms with Crippen LogP contribution in [0.5, 0.6) is 0 Å². The molecule has 0 aromatic heterocycles. The van der Waals surface area contributed by atoms with Gasteiger partial charge in [-0.25, -0.2) is 9.59 Å². The van der Waals surface area contributed by atoms with Crippen LogP contribution in [-0.4, -0.2) is 85.0 Å². The van der Waals surface area contributed by atoms with E-state index in [9.17, 15) is 33.6 Å². The molecule has 6 N–H and O–H groups in total. The molecule has 1 unspecified atom stereocenters. The largest absolute Gasteiger partial charge is 0.467 e. The second-order valence-corrected chi connectivity index (χ2v) is 18.7. The van der Waals surface area contributed by atoms with Crippen molar-refractivity contribution in [2.24, 2.45) is 29.1 Å². The monoisotopic (exact) mass is 879 g/mol. The molecule has 0 saturated carbocycles. The van der Waals surface area contributed by atoms with E-state index < -0.39 is 83.8 Å². The van der Waals surface area contributed by atoms with E-state index >= 15 is 0 Å². The Morgan fingerprint density at radius 2 is 1.17 bits per heavy atom. The van der Waals surface area contributed by atoms with Crippen molar-refractivity contribution in [1.82, 2.24) is 31.9 Å². The predicted molar refractivity (Wildman–Crippen MR) is 243 cm³/mol. The van der Waals surface area contributed by atoms with E-state index in [1.165, 1.54) is 7.11 Å². The zero-order chi connectivity index (χ0) is 47.4. The van der Waals surface area contributed by atoms with Crippen LogP contribution in [-0.2, 0) is 51.3 Å². The number of carbonyl (C=O) groups is 7. The fourth-order valence-corrected chi connectivity index (χ4v) is 6.88. The fourth-order valence-electron chi connectivity index (χ4n) is 6.88. The van der Waals surface area contributed by atoms with Crippen molar-refractivity contribution in [3.8, 4) is 0 Å². The van der Waals surface area contributed by atoms with Crippen LogP contribution in [0.4, 0.5) is 4.79 Å². The number of hydrogen-bond donors (Lipinski definition) is 6. The average molecular weight is 879 g/mol. The number of esters is 1. The maximum Gasteiger partial charge on any atom is 0.407 e. The van der Waals surface area contributed by atoms with Crippen molar-refractivity contribution < 1.29 is 43.0 Å². The summed E-state index contributed by atoms with van der Waals surface area (Å²) >= 11 is 0. The quantitative estimate of drug-likeness (QED) is 0.0750. The summed E-state index contributed by atoms with van der Waals surface area (Å²) in [5.74, 6) is -3.75. The van der Waals surface area contributed by atoms with Gasteiger partial charge in [0.25, 0.3) is 0 Å². The van der Waals surface area contributed by atoms with E-state index in [4.69, 9.17) is 9.47 Å². The molecule has 15 nitrogen and oxygen atoms in total. The van der Waals surface area contributed by atoms with Gasteiger partial charge in [-0.15, -0.1) is 0 Å². The SMILES string of the molecule is CC[C@H](C)[C@H](NC(=O)C[C@H](NC(=O)OCc1ccccc1)[C@H](Cc1ccccc1)NC(=O)[C@@H](NC(=O)C(CC(C)C)NC(=O)CC(C)C)C(C)(C)C)C(=O)N[C@H](C(=O)OC)C(C)C. The number of nitrogens with one attached hydrogen (secondary N) is 6. The maximum absolute atomic E-state index is 14.6. The van der Waals surface area contributed by atoms with Crippen molar-refractivity contribution in [3.05, 3.63) is 71.8 Å². The summed E-state index contributed by atoms with van der Waals surface area (Å²) < 4.78 is 10.5. The summed E-state index contributed by atoms with van der Waals surface area (Å²) in [4.78, 5) is 95.5. The van der Waals surface area contributed by atoms with Gasteiger partial charge in [-0.3, -0.25) is 24.0 Å². The van der Waals surface area contributed by atoms with E-state index in [2.05, 4.69) is 31.9 Å². The molecule has 0 heterocycles. The number of alkyl carbamates (subject to hydrolysis) is 1. The zero-order valence-electron chi connectivity index (χ0n) is 39.5. The third kappa shape index (κ3) is 19.2. The van der Waals surface area contributed by atoms with Crippen LogP contribution in [0, 0.1) is 29.1 Å². The molecule has 2 aromatic carbocycles. The Labute approximate surface area is 374 Å². The van der Waals surface area contributed by atoms with E-state index in [0.717, 1.165) is 11.1 Å². The minimum absolute atomic E-state index is 0.0485. The Morgan fingerprint density at radius 3 is 1.68 bits per heavy atom. The molecule has 0 aliphatic carbocycles. The third-order valence-corrected chi connectivity index (χ3v) is 10.6. The van der Waals surface area contributed by atoms with Gasteiger partial charge in [0, 0.05) is 12.8 Å². The second-order valence-electron chi connectivity index (χ2n) is 18.7. The van der Waals surface area contributed by atoms with Crippen LogP contribution in [0.1, 0.15) is 113 Å². The number of benzene rings is 2. The lowest BCUT2D eigenvalue weighted by Gasteiger charge is -2.35. The summed E-state index contributed by atoms with van der Waals surface area (Å²) in [5.41, 5.74) is 0.656. The van der Waals surface area contributed by atoms with Crippen LogP contribution in [0.3, 0.4) is 0 Å². The van der Waals surface area contributed by atoms with Gasteiger partial charge in [0.15, 0.2) is 0 Å². The molecule has 2 aromatic rings. The smallest absolute Gasteiger partial charge is 0.407 e. The van der Waals surface area contributed by atoms with Crippen molar-refractivity contribution in [3.63, 3.8) is 0 Å². The summed E-state index contributed by atoms with van der Waals surface area (Å²) in [6.45, 7) is 20.2. The molecule has 7 atom stereocenters. The van der Waals surface area contributed by atoms with Gasteiger partial charge >= 0.3 is 12.1 Å². The minimum Gasteiger partial charge on any atom is -0.467 e. The molecule has 0 spiro atoms. The number of ether oxygens (including phenoxy) is 2. The summed E-state index contributed by atoms with van der Waals surface area (Å²) in [7, 11) is 1.23. The Morgan fingerprint density at radius 1 is 0.603 bits per heavy atom. The highest BCUT2D eigenvalue weighted by atomic mass is 16.5. The van der Waals surface area contributed by atoms with Gasteiger partial charge in [0.1, 0.15) is 30.8 Å². The average Bonchev–Trinajstić information content (AvgIpc) is 3.21. The molecule has 0 radical (unpaired) electrons. The Kier molecular flexibility index (Phi) is 22.3. The van der Waals surface area contributed by atoms with Gasteiger partial charge in [-0.1, -0.05) is 143 Å². The lowest BCUT2D eigenvalue weighted by atomic mass is 9.85. The summed E-state index contributed by atoms with van der Waals surface area (Å²) in [6.07, 6.45) is -0.0482. The second kappa shape index (κ2) is 26.2. The van der Waals surface area contributed by atoms with Crippen molar-refractivity contribution >= 4 is 41.6 Å². The van der Waals surface area contributed by atoms with Gasteiger partial charge in [-0.2, -0.15) is 0 Å². The van der Waals surface area contributed by atoms with Crippen LogP contribution in [0.2, 0.25) is 0 Å². The van der Waals surface area contributed by atoms with E-state index in [1.54, 1.807) is 53.7 Å². The van der Waals surface area contributed by atoms with Gasteiger partial charge in [-0.05, 0) is 53.1 Å². The zero-order valence-corrected chi connectivity index (χ0v) is 39.5. The van der Waals surface area contributed by atoms with E-state index in [0.29, 0.717) is 12.8 Å². The van der Waals surface area contributed by atoms with Crippen LogP contribution < -0.4 is 31.9 Å². The standard InChI is InChI=1S/C48H74N6O9/c1-13-32(8)41(44(58)53-40(31(6)7)46(60)62-12)52-39(56)27-36(51-47(61)63-28-34-22-18-15-19-23-34)35(26-33-20-16-14-17-21-33)50-45(59)42(48(9,10)11)54-43(57)37(24-29(2)3)49-38(55)25-30(4)5/h14-23,29-32,35-37,40-42H,13,24-28H2,1-12H3,(H,49,55)(H,50,59)(H,51,61)(H,52,56)(H,53,58)(H,54,57)/t32-,35-,36-,37?,40-,41-,42+/m0/s1. The molecule has 0 fully saturated rings. The molecule has 2 rings (SSSR count). The first-order chi connectivity index (χ1) is 29.6. The Balaban J connectivity index is 2.59. The molecule has 0 bridgehead atoms. The third-order valence-electron chi connectivity index (χ3n) is 10.6. The highest BCUT2D eigenvalue weighted by Crippen LogP contribution is 2.22. The van der Waals surface area contributed by atoms with Crippen LogP contribution >= 0.6 is 0 Å². The molecule has 0 aliphatic heterocycles. The lowest BCUT2D eigenvalue weighted by Crippen LogP contribution is -2.62. The summed E-state index contributed by atoms with van der Waals surface area (Å²) in [6, 6.07) is 12.1. The number of rotatable bonds is 24. The molecule has 0 saturated heterocycles. The van der Waals surface area contributed by atoms with Gasteiger partial charge in [0.05, 0.1) is 19.2 Å². The highest BCUT2D eigenvalue weighted by molar-refractivity contribution is 5.93. The first-order valence-corrected chi connectivity index (χ1v) is 22.1. The van der Waals surface area contributed by atoms with E-state index in [1.807, 2.05) is 83.1 Å². The van der Waals surface area contributed by atoms with Gasteiger partial charge < -0.3 is 41.4 Å². The van der Waals surface area contributed by atoms with Crippen LogP contribution in [0.15, 0.2) is 60.7 Å². The number of carbonyl (C=O) groups excluding carboxylic acids is 7. The minimum atomic E-state index is -1.12. The van der Waals surface area contributed by atoms with Gasteiger partial charge in [0.2, 0.25) is 29.5 Å².